The van der Waals surface area contributed by atoms with Crippen molar-refractivity contribution in [2.75, 3.05) is 18.9 Å². The first-order valence-corrected chi connectivity index (χ1v) is 9.88. The Balaban J connectivity index is 1.63. The molecule has 0 spiro atoms. The van der Waals surface area contributed by atoms with Gasteiger partial charge in [-0.2, -0.15) is 0 Å². The number of hydrogen-bond acceptors (Lipinski definition) is 3. The van der Waals surface area contributed by atoms with Gasteiger partial charge in [0.2, 0.25) is 11.8 Å². The summed E-state index contributed by atoms with van der Waals surface area (Å²) >= 11 is 0. The van der Waals surface area contributed by atoms with Crippen LogP contribution in [0.25, 0.3) is 11.0 Å². The minimum absolute atomic E-state index is 0.0871. The van der Waals surface area contributed by atoms with Crippen molar-refractivity contribution < 1.29 is 14.0 Å². The standard InChI is InChI=1S/C22H25FN4O3/c1-3-12-26-18-9-4-5-10-19(18)27(22(26)30)13-11-21(29)25(2)15-20(28)24-17-8-6-7-16(23)14-17/h4-10,14H,3,11-13,15H2,1-2H3,(H,24,28). The molecule has 0 saturated heterocycles. The van der Waals surface area contributed by atoms with E-state index in [-0.39, 0.29) is 31.1 Å². The van der Waals surface area contributed by atoms with Gasteiger partial charge < -0.3 is 10.2 Å². The van der Waals surface area contributed by atoms with Gasteiger partial charge in [-0.1, -0.05) is 25.1 Å². The van der Waals surface area contributed by atoms with E-state index in [0.29, 0.717) is 12.2 Å². The van der Waals surface area contributed by atoms with E-state index >= 15 is 0 Å². The summed E-state index contributed by atoms with van der Waals surface area (Å²) in [5.74, 6) is -1.14. The molecule has 7 nitrogen and oxygen atoms in total. The van der Waals surface area contributed by atoms with Gasteiger partial charge in [0.15, 0.2) is 0 Å². The second-order valence-corrected chi connectivity index (χ2v) is 7.13. The summed E-state index contributed by atoms with van der Waals surface area (Å²) in [5.41, 5.74) is 1.82. The molecule has 0 fully saturated rings. The van der Waals surface area contributed by atoms with E-state index in [2.05, 4.69) is 5.32 Å². The normalized spacial score (nSPS) is 10.9. The number of fused-ring (bicyclic) bond motifs is 1. The molecule has 1 heterocycles. The van der Waals surface area contributed by atoms with Crippen LogP contribution in [0, 0.1) is 5.82 Å². The summed E-state index contributed by atoms with van der Waals surface area (Å²) in [6, 6.07) is 13.1. The first-order chi connectivity index (χ1) is 14.4. The average Bonchev–Trinajstić information content (AvgIpc) is 2.97. The number of rotatable bonds is 8. The SMILES string of the molecule is CCCn1c(=O)n(CCC(=O)N(C)CC(=O)Nc2cccc(F)c2)c2ccccc21. The fourth-order valence-corrected chi connectivity index (χ4v) is 3.40. The lowest BCUT2D eigenvalue weighted by atomic mass is 10.3. The highest BCUT2D eigenvalue weighted by Crippen LogP contribution is 2.14. The number of amides is 2. The van der Waals surface area contributed by atoms with Gasteiger partial charge in [0, 0.05) is 32.2 Å². The predicted octanol–water partition coefficient (Wildman–Crippen LogP) is 2.84. The van der Waals surface area contributed by atoms with Crippen molar-refractivity contribution in [1.82, 2.24) is 14.0 Å². The molecule has 8 heteroatoms. The third kappa shape index (κ3) is 4.76. The van der Waals surface area contributed by atoms with Crippen LogP contribution in [-0.2, 0) is 22.7 Å². The quantitative estimate of drug-likeness (QED) is 0.618. The second-order valence-electron chi connectivity index (χ2n) is 7.13. The van der Waals surface area contributed by atoms with E-state index in [1.807, 2.05) is 31.2 Å². The molecule has 0 bridgehead atoms. The molecule has 3 rings (SSSR count). The van der Waals surface area contributed by atoms with Gasteiger partial charge in [-0.25, -0.2) is 9.18 Å². The Labute approximate surface area is 173 Å². The highest BCUT2D eigenvalue weighted by Gasteiger charge is 2.16. The Kier molecular flexibility index (Phi) is 6.66. The Hall–Kier alpha value is -3.42. The van der Waals surface area contributed by atoms with E-state index in [9.17, 15) is 18.8 Å². The number of carbonyl (C=O) groups excluding carboxylic acids is 2. The van der Waals surface area contributed by atoms with E-state index in [1.165, 1.54) is 30.1 Å². The Morgan fingerprint density at radius 2 is 1.70 bits per heavy atom. The van der Waals surface area contributed by atoms with Gasteiger partial charge in [0.05, 0.1) is 17.6 Å². The van der Waals surface area contributed by atoms with Crippen molar-refractivity contribution in [3.05, 3.63) is 64.8 Å². The van der Waals surface area contributed by atoms with E-state index in [4.69, 9.17) is 0 Å². The Morgan fingerprint density at radius 1 is 1.03 bits per heavy atom. The highest BCUT2D eigenvalue weighted by molar-refractivity contribution is 5.94. The van der Waals surface area contributed by atoms with Crippen molar-refractivity contribution in [2.24, 2.45) is 0 Å². The monoisotopic (exact) mass is 412 g/mol. The maximum absolute atomic E-state index is 13.2. The number of nitrogens with one attached hydrogen (secondary N) is 1. The van der Waals surface area contributed by atoms with E-state index in [0.717, 1.165) is 17.5 Å². The smallest absolute Gasteiger partial charge is 0.329 e. The molecule has 2 amide bonds. The number of carbonyl (C=O) groups is 2. The van der Waals surface area contributed by atoms with Crippen molar-refractivity contribution in [3.63, 3.8) is 0 Å². The molecule has 158 valence electrons. The van der Waals surface area contributed by atoms with Crippen LogP contribution >= 0.6 is 0 Å². The fourth-order valence-electron chi connectivity index (χ4n) is 3.40. The van der Waals surface area contributed by atoms with E-state index in [1.54, 1.807) is 15.2 Å². The molecule has 0 aliphatic heterocycles. The minimum Gasteiger partial charge on any atom is -0.336 e. The van der Waals surface area contributed by atoms with Gasteiger partial charge in [0.1, 0.15) is 5.82 Å². The van der Waals surface area contributed by atoms with Crippen LogP contribution in [0.3, 0.4) is 0 Å². The van der Waals surface area contributed by atoms with Crippen molar-refractivity contribution in [1.29, 1.82) is 0 Å². The van der Waals surface area contributed by atoms with Gasteiger partial charge in [-0.05, 0) is 36.8 Å². The second kappa shape index (κ2) is 9.39. The lowest BCUT2D eigenvalue weighted by Crippen LogP contribution is -2.36. The van der Waals surface area contributed by atoms with Crippen molar-refractivity contribution in [2.45, 2.75) is 32.9 Å². The summed E-state index contributed by atoms with van der Waals surface area (Å²) < 4.78 is 16.5. The average molecular weight is 412 g/mol. The number of nitrogens with zero attached hydrogens (tertiary/aromatic N) is 3. The van der Waals surface area contributed by atoms with Gasteiger partial charge in [-0.3, -0.25) is 18.7 Å². The van der Waals surface area contributed by atoms with Crippen molar-refractivity contribution >= 4 is 28.5 Å². The fraction of sp³-hybridized carbons (Fsp3) is 0.318. The van der Waals surface area contributed by atoms with Crippen molar-refractivity contribution in [3.8, 4) is 0 Å². The Morgan fingerprint density at radius 3 is 2.33 bits per heavy atom. The lowest BCUT2D eigenvalue weighted by Gasteiger charge is -2.17. The summed E-state index contributed by atoms with van der Waals surface area (Å²) in [4.78, 5) is 38.7. The van der Waals surface area contributed by atoms with Crippen LogP contribution in [0.2, 0.25) is 0 Å². The number of likely N-dealkylation sites (N-methyl/N-ethyl adjacent to an activating group) is 1. The molecule has 1 N–H and O–H groups in total. The number of aromatic nitrogens is 2. The molecule has 0 unspecified atom stereocenters. The van der Waals surface area contributed by atoms with Crippen LogP contribution in [0.4, 0.5) is 10.1 Å². The topological polar surface area (TPSA) is 76.3 Å². The van der Waals surface area contributed by atoms with Crippen LogP contribution in [-0.4, -0.2) is 39.4 Å². The molecule has 0 aliphatic rings. The minimum atomic E-state index is -0.454. The maximum atomic E-state index is 13.2. The van der Waals surface area contributed by atoms with Crippen LogP contribution in [0.5, 0.6) is 0 Å². The predicted molar refractivity (Wildman–Crippen MR) is 114 cm³/mol. The van der Waals surface area contributed by atoms with Gasteiger partial charge in [-0.15, -0.1) is 0 Å². The number of benzene rings is 2. The van der Waals surface area contributed by atoms with Gasteiger partial charge in [0.25, 0.3) is 0 Å². The largest absolute Gasteiger partial charge is 0.336 e. The molecule has 0 radical (unpaired) electrons. The number of anilines is 1. The van der Waals surface area contributed by atoms with Crippen LogP contribution < -0.4 is 11.0 Å². The summed E-state index contributed by atoms with van der Waals surface area (Å²) in [6.07, 6.45) is 0.916. The molecule has 3 aromatic rings. The molecule has 0 aliphatic carbocycles. The van der Waals surface area contributed by atoms with Gasteiger partial charge >= 0.3 is 5.69 Å². The summed E-state index contributed by atoms with van der Waals surface area (Å²) in [6.45, 7) is 2.68. The maximum Gasteiger partial charge on any atom is 0.329 e. The molecule has 1 aromatic heterocycles. The zero-order valence-corrected chi connectivity index (χ0v) is 17.1. The highest BCUT2D eigenvalue weighted by atomic mass is 19.1. The van der Waals surface area contributed by atoms with E-state index < -0.39 is 11.7 Å². The zero-order valence-electron chi connectivity index (χ0n) is 17.1. The molecule has 30 heavy (non-hydrogen) atoms. The third-order valence-corrected chi connectivity index (χ3v) is 4.84. The molecule has 2 aromatic carbocycles. The summed E-state index contributed by atoms with van der Waals surface area (Å²) in [7, 11) is 1.52. The number of imidazole rings is 1. The number of hydrogen-bond donors (Lipinski definition) is 1. The number of aryl methyl sites for hydroxylation is 2. The molecular formula is C22H25FN4O3. The molecular weight excluding hydrogens is 387 g/mol. The number of para-hydroxylation sites is 2. The Bertz CT molecular complexity index is 1120. The lowest BCUT2D eigenvalue weighted by molar-refractivity contribution is -0.133. The molecule has 0 atom stereocenters. The van der Waals surface area contributed by atoms with Crippen LogP contribution in [0.1, 0.15) is 19.8 Å². The zero-order chi connectivity index (χ0) is 21.7. The summed E-state index contributed by atoms with van der Waals surface area (Å²) in [5, 5.41) is 2.56. The van der Waals surface area contributed by atoms with Crippen LogP contribution in [0.15, 0.2) is 53.3 Å². The third-order valence-electron chi connectivity index (χ3n) is 4.84. The first kappa shape index (κ1) is 21.3. The first-order valence-electron chi connectivity index (χ1n) is 9.88. The number of halogens is 1. The molecule has 0 saturated carbocycles.